The lowest BCUT2D eigenvalue weighted by Gasteiger charge is -2.05. The normalized spacial score (nSPS) is 10.1. The van der Waals surface area contributed by atoms with Gasteiger partial charge < -0.3 is 4.74 Å². The highest BCUT2D eigenvalue weighted by atomic mass is 16.5. The van der Waals surface area contributed by atoms with E-state index in [0.717, 1.165) is 29.5 Å². The minimum absolute atomic E-state index is 0.597. The maximum Gasteiger partial charge on any atom is 0.138 e. The molecule has 0 saturated heterocycles. The number of nitrogens with zero attached hydrogens (tertiary/aromatic N) is 2. The zero-order chi connectivity index (χ0) is 11.9. The van der Waals surface area contributed by atoms with Gasteiger partial charge in [0, 0.05) is 11.8 Å². The van der Waals surface area contributed by atoms with Crippen LogP contribution < -0.4 is 4.74 Å². The summed E-state index contributed by atoms with van der Waals surface area (Å²) in [6, 6.07) is 12.1. The van der Waals surface area contributed by atoms with Crippen LogP contribution in [0.5, 0.6) is 5.75 Å². The molecule has 0 fully saturated rings. The number of nitriles is 1. The number of benzene rings is 1. The molecule has 1 aromatic heterocycles. The fraction of sp³-hybridized carbons (Fsp3) is 0.286. The summed E-state index contributed by atoms with van der Waals surface area (Å²) in [5.74, 6) is 0.792. The van der Waals surface area contributed by atoms with Gasteiger partial charge in [-0.05, 0) is 25.0 Å². The highest BCUT2D eigenvalue weighted by Gasteiger charge is 1.97. The molecule has 1 aromatic carbocycles. The fourth-order valence-electron chi connectivity index (χ4n) is 1.63. The van der Waals surface area contributed by atoms with E-state index < -0.39 is 0 Å². The molecule has 86 valence electrons. The molecule has 0 aliphatic carbocycles. The van der Waals surface area contributed by atoms with Crippen molar-refractivity contribution in [2.75, 3.05) is 6.61 Å². The summed E-state index contributed by atoms with van der Waals surface area (Å²) < 4.78 is 5.59. The van der Waals surface area contributed by atoms with Crippen LogP contribution in [0.2, 0.25) is 0 Å². The lowest BCUT2D eigenvalue weighted by atomic mass is 10.2. The number of hydrogen-bond acceptors (Lipinski definition) is 3. The summed E-state index contributed by atoms with van der Waals surface area (Å²) in [5, 5.41) is 9.49. The standard InChI is InChI=1S/C14H14N2O/c15-8-4-1-5-9-17-13-10-12-6-2-3-7-14(12)16-11-13/h2-3,6-7,10-11H,1,4-5,9H2. The van der Waals surface area contributed by atoms with Gasteiger partial charge in [-0.2, -0.15) is 5.26 Å². The van der Waals surface area contributed by atoms with E-state index in [1.807, 2.05) is 30.3 Å². The van der Waals surface area contributed by atoms with Crippen molar-refractivity contribution in [2.24, 2.45) is 0 Å². The molecule has 17 heavy (non-hydrogen) atoms. The van der Waals surface area contributed by atoms with Crippen LogP contribution in [0.25, 0.3) is 10.9 Å². The first-order chi connectivity index (χ1) is 8.40. The smallest absolute Gasteiger partial charge is 0.138 e. The van der Waals surface area contributed by atoms with Crippen LogP contribution in [-0.4, -0.2) is 11.6 Å². The molecule has 0 saturated carbocycles. The predicted molar refractivity (Wildman–Crippen MR) is 66.7 cm³/mol. The lowest BCUT2D eigenvalue weighted by molar-refractivity contribution is 0.307. The molecule has 2 rings (SSSR count). The molecule has 3 nitrogen and oxygen atoms in total. The highest BCUT2D eigenvalue weighted by Crippen LogP contribution is 2.17. The van der Waals surface area contributed by atoms with Crippen molar-refractivity contribution in [3.63, 3.8) is 0 Å². The van der Waals surface area contributed by atoms with Gasteiger partial charge in [0.05, 0.1) is 24.4 Å². The Balaban J connectivity index is 1.93. The second-order valence-electron chi connectivity index (χ2n) is 3.83. The third kappa shape index (κ3) is 3.18. The average molecular weight is 226 g/mol. The summed E-state index contributed by atoms with van der Waals surface area (Å²) in [5.41, 5.74) is 0.976. The van der Waals surface area contributed by atoms with Crippen LogP contribution >= 0.6 is 0 Å². The number of pyridine rings is 1. The minimum Gasteiger partial charge on any atom is -0.492 e. The van der Waals surface area contributed by atoms with E-state index in [9.17, 15) is 0 Å². The molecule has 0 unspecified atom stereocenters. The van der Waals surface area contributed by atoms with Gasteiger partial charge in [0.25, 0.3) is 0 Å². The Labute approximate surface area is 101 Å². The minimum atomic E-state index is 0.597. The van der Waals surface area contributed by atoms with E-state index in [4.69, 9.17) is 10.00 Å². The van der Waals surface area contributed by atoms with E-state index in [2.05, 4.69) is 11.1 Å². The second kappa shape index (κ2) is 5.86. The van der Waals surface area contributed by atoms with E-state index in [1.54, 1.807) is 6.20 Å². The van der Waals surface area contributed by atoms with Crippen molar-refractivity contribution < 1.29 is 4.74 Å². The van der Waals surface area contributed by atoms with Crippen molar-refractivity contribution in [1.29, 1.82) is 5.26 Å². The predicted octanol–water partition coefficient (Wildman–Crippen LogP) is 3.31. The van der Waals surface area contributed by atoms with Crippen LogP contribution in [0.15, 0.2) is 36.5 Å². The molecule has 0 amide bonds. The lowest BCUT2D eigenvalue weighted by Crippen LogP contribution is -1.97. The number of unbranched alkanes of at least 4 members (excludes halogenated alkanes) is 2. The summed E-state index contributed by atoms with van der Waals surface area (Å²) in [6.45, 7) is 0.641. The quantitative estimate of drug-likeness (QED) is 0.735. The Bertz CT molecular complexity index is 531. The van der Waals surface area contributed by atoms with Crippen LogP contribution in [0.4, 0.5) is 0 Å². The molecule has 0 aliphatic heterocycles. The monoisotopic (exact) mass is 226 g/mol. The first kappa shape index (κ1) is 11.4. The van der Waals surface area contributed by atoms with Gasteiger partial charge in [0.2, 0.25) is 0 Å². The summed E-state index contributed by atoms with van der Waals surface area (Å²) in [4.78, 5) is 4.32. The summed E-state index contributed by atoms with van der Waals surface area (Å²) in [7, 11) is 0. The summed E-state index contributed by atoms with van der Waals surface area (Å²) >= 11 is 0. The van der Waals surface area contributed by atoms with Crippen LogP contribution in [0, 0.1) is 11.3 Å². The zero-order valence-corrected chi connectivity index (χ0v) is 9.60. The fourth-order valence-corrected chi connectivity index (χ4v) is 1.63. The van der Waals surface area contributed by atoms with Crippen LogP contribution in [-0.2, 0) is 0 Å². The van der Waals surface area contributed by atoms with Crippen molar-refractivity contribution in [3.05, 3.63) is 36.5 Å². The zero-order valence-electron chi connectivity index (χ0n) is 9.60. The van der Waals surface area contributed by atoms with Crippen LogP contribution in [0.1, 0.15) is 19.3 Å². The van der Waals surface area contributed by atoms with Gasteiger partial charge in [0.1, 0.15) is 5.75 Å². The van der Waals surface area contributed by atoms with Gasteiger partial charge in [-0.15, -0.1) is 0 Å². The molecule has 0 spiro atoms. The molecule has 1 heterocycles. The van der Waals surface area contributed by atoms with Gasteiger partial charge >= 0.3 is 0 Å². The van der Waals surface area contributed by atoms with E-state index in [0.29, 0.717) is 13.0 Å². The molecule has 2 aromatic rings. The number of rotatable bonds is 5. The van der Waals surface area contributed by atoms with Crippen molar-refractivity contribution in [1.82, 2.24) is 4.98 Å². The molecule has 0 bridgehead atoms. The molecular weight excluding hydrogens is 212 g/mol. The highest BCUT2D eigenvalue weighted by molar-refractivity contribution is 5.79. The molecule has 0 atom stereocenters. The Morgan fingerprint density at radius 2 is 2.12 bits per heavy atom. The average Bonchev–Trinajstić information content (AvgIpc) is 2.38. The number of para-hydroxylation sites is 1. The van der Waals surface area contributed by atoms with Gasteiger partial charge in [-0.25, -0.2) is 0 Å². The maximum atomic E-state index is 8.40. The molecular formula is C14H14N2O. The molecule has 0 radical (unpaired) electrons. The Morgan fingerprint density at radius 1 is 1.24 bits per heavy atom. The van der Waals surface area contributed by atoms with Crippen molar-refractivity contribution in [3.8, 4) is 11.8 Å². The van der Waals surface area contributed by atoms with Crippen LogP contribution in [0.3, 0.4) is 0 Å². The maximum absolute atomic E-state index is 8.40. The molecule has 0 N–H and O–H groups in total. The number of ether oxygens (including phenoxy) is 1. The number of fused-ring (bicyclic) bond motifs is 1. The van der Waals surface area contributed by atoms with E-state index in [1.165, 1.54) is 0 Å². The SMILES string of the molecule is N#CCCCCOc1cnc2ccccc2c1. The third-order valence-electron chi connectivity index (χ3n) is 2.52. The van der Waals surface area contributed by atoms with Gasteiger partial charge in [-0.3, -0.25) is 4.98 Å². The number of hydrogen-bond donors (Lipinski definition) is 0. The molecule has 0 aliphatic rings. The van der Waals surface area contributed by atoms with Gasteiger partial charge in [-0.1, -0.05) is 18.2 Å². The van der Waals surface area contributed by atoms with Gasteiger partial charge in [0.15, 0.2) is 0 Å². The molecule has 3 heteroatoms. The Hall–Kier alpha value is -2.08. The topological polar surface area (TPSA) is 45.9 Å². The first-order valence-corrected chi connectivity index (χ1v) is 5.75. The second-order valence-corrected chi connectivity index (χ2v) is 3.83. The largest absolute Gasteiger partial charge is 0.492 e. The first-order valence-electron chi connectivity index (χ1n) is 5.75. The Kier molecular flexibility index (Phi) is 3.93. The van der Waals surface area contributed by atoms with E-state index >= 15 is 0 Å². The summed E-state index contributed by atoms with van der Waals surface area (Å²) in [6.07, 6.45) is 4.13. The van der Waals surface area contributed by atoms with E-state index in [-0.39, 0.29) is 0 Å². The Morgan fingerprint density at radius 3 is 3.00 bits per heavy atom. The van der Waals surface area contributed by atoms with Crippen molar-refractivity contribution >= 4 is 10.9 Å². The number of aromatic nitrogens is 1. The third-order valence-corrected chi connectivity index (χ3v) is 2.52. The van der Waals surface area contributed by atoms with Crippen molar-refractivity contribution in [2.45, 2.75) is 19.3 Å².